The van der Waals surface area contributed by atoms with Gasteiger partial charge < -0.3 is 15.7 Å². The molecule has 0 radical (unpaired) electrons. The maximum atomic E-state index is 13.5. The van der Waals surface area contributed by atoms with Gasteiger partial charge in [0.05, 0.1) is 6.04 Å². The smallest absolute Gasteiger partial charge is 0.326 e. The summed E-state index contributed by atoms with van der Waals surface area (Å²) in [7, 11) is 0. The molecule has 3 N–H and O–H groups in total. The molecule has 1 unspecified atom stereocenters. The van der Waals surface area contributed by atoms with E-state index < -0.39 is 12.0 Å². The molecule has 6 heteroatoms. The van der Waals surface area contributed by atoms with Gasteiger partial charge in [0.1, 0.15) is 11.9 Å². The fraction of sp³-hybridized carbons (Fsp3) is 0.500. The summed E-state index contributed by atoms with van der Waals surface area (Å²) >= 11 is 0. The molecule has 0 aromatic heterocycles. The van der Waals surface area contributed by atoms with Crippen LogP contribution in [0, 0.1) is 5.82 Å². The molecule has 1 saturated heterocycles. The first-order valence-corrected chi connectivity index (χ1v) is 7.58. The third-order valence-electron chi connectivity index (χ3n) is 3.89. The van der Waals surface area contributed by atoms with Crippen LogP contribution in [-0.2, 0) is 16.0 Å². The number of benzene rings is 1. The quantitative estimate of drug-likeness (QED) is 0.713. The van der Waals surface area contributed by atoms with Gasteiger partial charge in [-0.3, -0.25) is 4.79 Å². The molecule has 1 fully saturated rings. The molecule has 1 aliphatic heterocycles. The lowest BCUT2D eigenvalue weighted by Gasteiger charge is -2.17. The third kappa shape index (κ3) is 4.53. The fourth-order valence-corrected chi connectivity index (χ4v) is 2.64. The van der Waals surface area contributed by atoms with Crippen molar-refractivity contribution in [1.82, 2.24) is 10.6 Å². The van der Waals surface area contributed by atoms with Crippen LogP contribution in [0.15, 0.2) is 24.3 Å². The van der Waals surface area contributed by atoms with Gasteiger partial charge in [-0.15, -0.1) is 0 Å². The van der Waals surface area contributed by atoms with Crippen molar-refractivity contribution in [3.8, 4) is 0 Å². The van der Waals surface area contributed by atoms with Gasteiger partial charge >= 0.3 is 5.97 Å². The molecule has 2 rings (SSSR count). The normalized spacial score (nSPS) is 18.9. The highest BCUT2D eigenvalue weighted by molar-refractivity contribution is 5.87. The third-order valence-corrected chi connectivity index (χ3v) is 3.89. The van der Waals surface area contributed by atoms with Gasteiger partial charge in [-0.2, -0.15) is 0 Å². The molecular formula is C16H21FN2O3. The zero-order valence-corrected chi connectivity index (χ0v) is 12.3. The van der Waals surface area contributed by atoms with Crippen LogP contribution in [-0.4, -0.2) is 35.6 Å². The van der Waals surface area contributed by atoms with E-state index in [9.17, 15) is 19.1 Å². The van der Waals surface area contributed by atoms with Crippen molar-refractivity contribution in [1.29, 1.82) is 0 Å². The zero-order valence-electron chi connectivity index (χ0n) is 12.3. The van der Waals surface area contributed by atoms with E-state index in [4.69, 9.17) is 0 Å². The summed E-state index contributed by atoms with van der Waals surface area (Å²) in [6, 6.07) is 5.22. The molecule has 1 aromatic carbocycles. The highest BCUT2D eigenvalue weighted by Crippen LogP contribution is 2.12. The monoisotopic (exact) mass is 308 g/mol. The molecule has 1 aliphatic rings. The SMILES string of the molecule is O=C(O)C(CCCc1ccccc1F)NC(=O)[C@@H]1CCCN1. The van der Waals surface area contributed by atoms with Gasteiger partial charge in [0, 0.05) is 0 Å². The van der Waals surface area contributed by atoms with Crippen LogP contribution in [0.4, 0.5) is 4.39 Å². The minimum Gasteiger partial charge on any atom is -0.480 e. The number of hydrogen-bond donors (Lipinski definition) is 3. The molecule has 0 spiro atoms. The van der Waals surface area contributed by atoms with E-state index in [1.807, 2.05) is 0 Å². The molecule has 1 amide bonds. The van der Waals surface area contributed by atoms with Gasteiger partial charge in [0.2, 0.25) is 5.91 Å². The van der Waals surface area contributed by atoms with Crippen LogP contribution >= 0.6 is 0 Å². The molecule has 0 saturated carbocycles. The number of aliphatic carboxylic acids is 1. The standard InChI is InChI=1S/C16H21FN2O3/c17-12-7-2-1-5-11(12)6-3-8-14(16(21)22)19-15(20)13-9-4-10-18-13/h1-2,5,7,13-14,18H,3-4,6,8-10H2,(H,19,20)(H,21,22)/t13-,14?/m0/s1. The number of amides is 1. The molecule has 0 aliphatic carbocycles. The number of carbonyl (C=O) groups excluding carboxylic acids is 1. The van der Waals surface area contributed by atoms with E-state index in [2.05, 4.69) is 10.6 Å². The Labute approximate surface area is 128 Å². The number of carboxylic acid groups (broad SMARTS) is 1. The maximum Gasteiger partial charge on any atom is 0.326 e. The summed E-state index contributed by atoms with van der Waals surface area (Å²) in [5, 5.41) is 14.8. The summed E-state index contributed by atoms with van der Waals surface area (Å²) in [6.45, 7) is 0.781. The molecular weight excluding hydrogens is 287 g/mol. The van der Waals surface area contributed by atoms with Gasteiger partial charge in [0.15, 0.2) is 0 Å². The second kappa shape index (κ2) is 7.89. The van der Waals surface area contributed by atoms with Gasteiger partial charge in [-0.05, 0) is 50.3 Å². The number of rotatable bonds is 7. The average molecular weight is 308 g/mol. The van der Waals surface area contributed by atoms with Gasteiger partial charge in [-0.25, -0.2) is 9.18 Å². The summed E-state index contributed by atoms with van der Waals surface area (Å²) in [5.74, 6) is -1.61. The molecule has 2 atom stereocenters. The van der Waals surface area contributed by atoms with Crippen molar-refractivity contribution in [2.45, 2.75) is 44.2 Å². The van der Waals surface area contributed by atoms with E-state index in [1.54, 1.807) is 18.2 Å². The molecule has 120 valence electrons. The van der Waals surface area contributed by atoms with E-state index in [0.717, 1.165) is 19.4 Å². The lowest BCUT2D eigenvalue weighted by Crippen LogP contribution is -2.48. The van der Waals surface area contributed by atoms with E-state index >= 15 is 0 Å². The topological polar surface area (TPSA) is 78.4 Å². The molecule has 22 heavy (non-hydrogen) atoms. The van der Waals surface area contributed by atoms with Crippen LogP contribution in [0.1, 0.15) is 31.2 Å². The van der Waals surface area contributed by atoms with E-state index in [0.29, 0.717) is 18.4 Å². The average Bonchev–Trinajstić information content (AvgIpc) is 3.02. The van der Waals surface area contributed by atoms with Crippen molar-refractivity contribution in [3.63, 3.8) is 0 Å². The summed E-state index contributed by atoms with van der Waals surface area (Å²) < 4.78 is 13.5. The van der Waals surface area contributed by atoms with Crippen molar-refractivity contribution in [3.05, 3.63) is 35.6 Å². The van der Waals surface area contributed by atoms with Crippen LogP contribution in [0.5, 0.6) is 0 Å². The first kappa shape index (κ1) is 16.4. The predicted molar refractivity (Wildman–Crippen MR) is 79.9 cm³/mol. The number of aryl methyl sites for hydroxylation is 1. The summed E-state index contributed by atoms with van der Waals surface area (Å²) in [4.78, 5) is 23.2. The Balaban J connectivity index is 1.82. The Morgan fingerprint density at radius 1 is 1.41 bits per heavy atom. The highest BCUT2D eigenvalue weighted by Gasteiger charge is 2.26. The largest absolute Gasteiger partial charge is 0.480 e. The Morgan fingerprint density at radius 3 is 2.82 bits per heavy atom. The van der Waals surface area contributed by atoms with E-state index in [-0.39, 0.29) is 24.2 Å². The Kier molecular flexibility index (Phi) is 5.89. The molecule has 1 heterocycles. The lowest BCUT2D eigenvalue weighted by atomic mass is 10.0. The minimum absolute atomic E-state index is 0.268. The van der Waals surface area contributed by atoms with Crippen LogP contribution in [0.2, 0.25) is 0 Å². The van der Waals surface area contributed by atoms with Crippen molar-refractivity contribution in [2.75, 3.05) is 6.54 Å². The zero-order chi connectivity index (χ0) is 15.9. The first-order valence-electron chi connectivity index (χ1n) is 7.58. The summed E-state index contributed by atoms with van der Waals surface area (Å²) in [5.41, 5.74) is 0.565. The maximum absolute atomic E-state index is 13.5. The van der Waals surface area contributed by atoms with E-state index in [1.165, 1.54) is 6.07 Å². The minimum atomic E-state index is -1.06. The predicted octanol–water partition coefficient (Wildman–Crippen LogP) is 1.47. The number of carbonyl (C=O) groups is 2. The second-order valence-electron chi connectivity index (χ2n) is 5.53. The van der Waals surface area contributed by atoms with Crippen LogP contribution < -0.4 is 10.6 Å². The number of hydrogen-bond acceptors (Lipinski definition) is 3. The molecule has 1 aromatic rings. The summed E-state index contributed by atoms with van der Waals surface area (Å²) in [6.07, 6.45) is 2.88. The number of nitrogens with one attached hydrogen (secondary N) is 2. The van der Waals surface area contributed by atoms with Crippen molar-refractivity contribution in [2.24, 2.45) is 0 Å². The molecule has 5 nitrogen and oxygen atoms in total. The first-order chi connectivity index (χ1) is 10.6. The Morgan fingerprint density at radius 2 is 2.18 bits per heavy atom. The Hall–Kier alpha value is -1.95. The van der Waals surface area contributed by atoms with Crippen molar-refractivity contribution < 1.29 is 19.1 Å². The van der Waals surface area contributed by atoms with Crippen LogP contribution in [0.25, 0.3) is 0 Å². The second-order valence-corrected chi connectivity index (χ2v) is 5.53. The lowest BCUT2D eigenvalue weighted by molar-refractivity contribution is -0.142. The highest BCUT2D eigenvalue weighted by atomic mass is 19.1. The molecule has 0 bridgehead atoms. The van der Waals surface area contributed by atoms with Crippen LogP contribution in [0.3, 0.4) is 0 Å². The Bertz CT molecular complexity index is 530. The van der Waals surface area contributed by atoms with Gasteiger partial charge in [-0.1, -0.05) is 18.2 Å². The van der Waals surface area contributed by atoms with Gasteiger partial charge in [0.25, 0.3) is 0 Å². The van der Waals surface area contributed by atoms with Crippen molar-refractivity contribution >= 4 is 11.9 Å². The fourth-order valence-electron chi connectivity index (χ4n) is 2.64. The number of halogens is 1. The number of carboxylic acids is 1.